The highest BCUT2D eigenvalue weighted by Crippen LogP contribution is 2.35. The number of phenolic OH excluding ortho intramolecular Hbond substituents is 1. The normalized spacial score (nSPS) is 11.3. The maximum atomic E-state index is 10.2. The Morgan fingerprint density at radius 2 is 1.58 bits per heavy atom. The highest BCUT2D eigenvalue weighted by molar-refractivity contribution is 5.50. The molecule has 144 valence electrons. The van der Waals surface area contributed by atoms with Gasteiger partial charge in [0.1, 0.15) is 5.75 Å². The second-order valence-electron chi connectivity index (χ2n) is 6.35. The molecule has 0 aliphatic rings. The summed E-state index contributed by atoms with van der Waals surface area (Å²) in [7, 11) is 3.19. The van der Waals surface area contributed by atoms with E-state index in [-0.39, 0.29) is 5.75 Å². The summed E-state index contributed by atoms with van der Waals surface area (Å²) in [5.74, 6) is 1.44. The number of allylic oxidation sites excluding steroid dienone is 5. The minimum Gasteiger partial charge on any atom is -0.504 e. The molecule has 0 radical (unpaired) electrons. The van der Waals surface area contributed by atoms with Gasteiger partial charge in [0.2, 0.25) is 0 Å². The van der Waals surface area contributed by atoms with Gasteiger partial charge in [-0.3, -0.25) is 0 Å². The van der Waals surface area contributed by atoms with Gasteiger partial charge in [-0.25, -0.2) is 0 Å². The lowest BCUT2D eigenvalue weighted by atomic mass is 10.0. The van der Waals surface area contributed by atoms with Gasteiger partial charge in [-0.05, 0) is 44.6 Å². The third-order valence-electron chi connectivity index (χ3n) is 4.31. The smallest absolute Gasteiger partial charge is 0.164 e. The average Bonchev–Trinajstić information content (AvgIpc) is 2.66. The van der Waals surface area contributed by atoms with Crippen molar-refractivity contribution in [1.82, 2.24) is 0 Å². The number of hydrogen-bond acceptors (Lipinski definition) is 3. The van der Waals surface area contributed by atoms with Crippen LogP contribution in [0.2, 0.25) is 0 Å². The van der Waals surface area contributed by atoms with Crippen molar-refractivity contribution in [3.63, 3.8) is 0 Å². The van der Waals surface area contributed by atoms with Gasteiger partial charge < -0.3 is 14.6 Å². The molecule has 0 aliphatic heterocycles. The van der Waals surface area contributed by atoms with Crippen LogP contribution in [0.4, 0.5) is 0 Å². The van der Waals surface area contributed by atoms with Crippen molar-refractivity contribution >= 4 is 0 Å². The van der Waals surface area contributed by atoms with E-state index in [0.717, 1.165) is 43.4 Å². The number of hydrogen-bond donors (Lipinski definition) is 1. The van der Waals surface area contributed by atoms with E-state index < -0.39 is 0 Å². The Kier molecular flexibility index (Phi) is 11.8. The van der Waals surface area contributed by atoms with Crippen molar-refractivity contribution in [3.8, 4) is 17.2 Å². The Hall–Kier alpha value is -2.16. The van der Waals surface area contributed by atoms with E-state index in [4.69, 9.17) is 9.47 Å². The predicted octanol–water partition coefficient (Wildman–Crippen LogP) is 6.37. The fourth-order valence-corrected chi connectivity index (χ4v) is 2.79. The molecule has 0 saturated heterocycles. The molecule has 1 aromatic rings. The van der Waals surface area contributed by atoms with Crippen LogP contribution in [0.25, 0.3) is 0 Å². The Balaban J connectivity index is 2.16. The number of unbranched alkanes of at least 4 members (excludes halogenated alkanes) is 5. The van der Waals surface area contributed by atoms with Gasteiger partial charge in [0.25, 0.3) is 0 Å². The maximum absolute atomic E-state index is 10.2. The first kappa shape index (κ1) is 21.9. The number of phenols is 1. The van der Waals surface area contributed by atoms with Crippen molar-refractivity contribution in [1.29, 1.82) is 0 Å². The lowest BCUT2D eigenvalue weighted by molar-refractivity contribution is 0.360. The van der Waals surface area contributed by atoms with Gasteiger partial charge in [-0.15, -0.1) is 6.58 Å². The summed E-state index contributed by atoms with van der Waals surface area (Å²) < 4.78 is 10.5. The summed E-state index contributed by atoms with van der Waals surface area (Å²) in [6, 6.07) is 3.60. The van der Waals surface area contributed by atoms with E-state index >= 15 is 0 Å². The second kappa shape index (κ2) is 14.1. The number of rotatable bonds is 14. The molecule has 0 atom stereocenters. The third-order valence-corrected chi connectivity index (χ3v) is 4.31. The van der Waals surface area contributed by atoms with Crippen LogP contribution >= 0.6 is 0 Å². The molecule has 0 spiro atoms. The topological polar surface area (TPSA) is 38.7 Å². The van der Waals surface area contributed by atoms with Crippen molar-refractivity contribution in [3.05, 3.63) is 54.7 Å². The highest BCUT2D eigenvalue weighted by Gasteiger charge is 2.10. The van der Waals surface area contributed by atoms with E-state index in [0.29, 0.717) is 5.75 Å². The Bertz CT molecular complexity index is 573. The first-order chi connectivity index (χ1) is 12.7. The zero-order valence-corrected chi connectivity index (χ0v) is 16.4. The fraction of sp³-hybridized carbons (Fsp3) is 0.478. The maximum Gasteiger partial charge on any atom is 0.164 e. The summed E-state index contributed by atoms with van der Waals surface area (Å²) >= 11 is 0. The van der Waals surface area contributed by atoms with Gasteiger partial charge >= 0.3 is 0 Å². The molecule has 0 heterocycles. The molecule has 3 nitrogen and oxygen atoms in total. The van der Waals surface area contributed by atoms with Crippen molar-refractivity contribution in [2.45, 2.75) is 57.8 Å². The molecule has 0 bridgehead atoms. The molecular formula is C23H34O3. The van der Waals surface area contributed by atoms with E-state index in [1.807, 2.05) is 12.1 Å². The molecule has 0 aliphatic carbocycles. The number of methoxy groups -OCH3 is 2. The Morgan fingerprint density at radius 3 is 2.31 bits per heavy atom. The van der Waals surface area contributed by atoms with Crippen LogP contribution in [0, 0.1) is 0 Å². The highest BCUT2D eigenvalue weighted by atomic mass is 16.5. The minimum absolute atomic E-state index is 0.237. The molecule has 26 heavy (non-hydrogen) atoms. The van der Waals surface area contributed by atoms with E-state index in [1.165, 1.54) is 25.7 Å². The molecule has 0 aromatic heterocycles. The SMILES string of the molecule is C=CC/C=C\C/C=C\CCCCCCCc1cc(OC)cc(OC)c1O. The van der Waals surface area contributed by atoms with Gasteiger partial charge in [-0.1, -0.05) is 49.6 Å². The molecular weight excluding hydrogens is 324 g/mol. The van der Waals surface area contributed by atoms with Crippen LogP contribution in [0.1, 0.15) is 56.9 Å². The van der Waals surface area contributed by atoms with Crippen molar-refractivity contribution in [2.24, 2.45) is 0 Å². The summed E-state index contributed by atoms with van der Waals surface area (Å²) in [6.45, 7) is 3.69. The minimum atomic E-state index is 0.237. The van der Waals surface area contributed by atoms with Gasteiger partial charge in [0.05, 0.1) is 14.2 Å². The Morgan fingerprint density at radius 1 is 0.885 bits per heavy atom. The molecule has 0 amide bonds. The van der Waals surface area contributed by atoms with Crippen LogP contribution in [0.15, 0.2) is 49.1 Å². The van der Waals surface area contributed by atoms with Crippen molar-refractivity contribution in [2.75, 3.05) is 14.2 Å². The standard InChI is InChI=1S/C23H34O3/c1-4-5-6-7-8-9-10-11-12-13-14-15-16-17-20-18-21(25-2)19-22(26-3)23(20)24/h4,6-7,9-10,18-19,24H,1,5,8,11-17H2,2-3H3/b7-6-,10-9-. The van der Waals surface area contributed by atoms with E-state index in [2.05, 4.69) is 30.9 Å². The molecule has 1 rings (SSSR count). The quantitative estimate of drug-likeness (QED) is 0.310. The molecule has 0 unspecified atom stereocenters. The van der Waals surface area contributed by atoms with E-state index in [9.17, 15) is 5.11 Å². The summed E-state index contributed by atoms with van der Waals surface area (Å²) in [5, 5.41) is 10.2. The lowest BCUT2D eigenvalue weighted by Gasteiger charge is -2.11. The average molecular weight is 359 g/mol. The number of benzene rings is 1. The van der Waals surface area contributed by atoms with Crippen LogP contribution in [-0.2, 0) is 6.42 Å². The number of ether oxygens (including phenoxy) is 2. The van der Waals surface area contributed by atoms with Crippen LogP contribution in [0.3, 0.4) is 0 Å². The van der Waals surface area contributed by atoms with E-state index in [1.54, 1.807) is 20.3 Å². The van der Waals surface area contributed by atoms with Crippen molar-refractivity contribution < 1.29 is 14.6 Å². The largest absolute Gasteiger partial charge is 0.504 e. The zero-order valence-electron chi connectivity index (χ0n) is 16.4. The summed E-state index contributed by atoms with van der Waals surface area (Å²) in [5.41, 5.74) is 0.897. The van der Waals surface area contributed by atoms with Crippen LogP contribution < -0.4 is 9.47 Å². The van der Waals surface area contributed by atoms with Crippen LogP contribution in [0.5, 0.6) is 17.2 Å². The predicted molar refractivity (Wildman–Crippen MR) is 110 cm³/mol. The van der Waals surface area contributed by atoms with Gasteiger partial charge in [-0.2, -0.15) is 0 Å². The molecule has 1 aromatic carbocycles. The first-order valence-corrected chi connectivity index (χ1v) is 9.57. The molecule has 1 N–H and O–H groups in total. The monoisotopic (exact) mass is 358 g/mol. The number of aryl methyl sites for hydroxylation is 1. The first-order valence-electron chi connectivity index (χ1n) is 9.57. The number of aromatic hydroxyl groups is 1. The van der Waals surface area contributed by atoms with Gasteiger partial charge in [0.15, 0.2) is 11.5 Å². The zero-order chi connectivity index (χ0) is 19.0. The third kappa shape index (κ3) is 8.80. The molecule has 3 heteroatoms. The summed E-state index contributed by atoms with van der Waals surface area (Å²) in [4.78, 5) is 0. The van der Waals surface area contributed by atoms with Crippen LogP contribution in [-0.4, -0.2) is 19.3 Å². The second-order valence-corrected chi connectivity index (χ2v) is 6.35. The fourth-order valence-electron chi connectivity index (χ4n) is 2.79. The molecule has 0 fully saturated rings. The lowest BCUT2D eigenvalue weighted by Crippen LogP contribution is -1.93. The Labute approximate surface area is 159 Å². The molecule has 0 saturated carbocycles. The summed E-state index contributed by atoms with van der Waals surface area (Å²) in [6.07, 6.45) is 20.7. The van der Waals surface area contributed by atoms with Gasteiger partial charge in [0, 0.05) is 11.6 Å².